The largest absolute Gasteiger partial charge is 0.455 e. The van der Waals surface area contributed by atoms with Crippen molar-refractivity contribution in [2.75, 3.05) is 23.0 Å². The van der Waals surface area contributed by atoms with Crippen molar-refractivity contribution < 1.29 is 28.4 Å². The number of halogens is 1. The quantitative estimate of drug-likeness (QED) is 0.330. The lowest BCUT2D eigenvalue weighted by Gasteiger charge is -2.12. The number of esters is 1. The average molecular weight is 463 g/mol. The van der Waals surface area contributed by atoms with E-state index in [0.717, 1.165) is 17.3 Å². The van der Waals surface area contributed by atoms with Gasteiger partial charge >= 0.3 is 5.97 Å². The molecule has 0 aromatic heterocycles. The first-order valence-electron chi connectivity index (χ1n) is 9.46. The summed E-state index contributed by atoms with van der Waals surface area (Å²) in [4.78, 5) is 46.7. The highest BCUT2D eigenvalue weighted by Gasteiger charge is 2.21. The van der Waals surface area contributed by atoms with Gasteiger partial charge in [0.15, 0.2) is 6.61 Å². The maximum Gasteiger partial charge on any atom is 0.319 e. The topological polar surface area (TPSA) is 128 Å². The molecule has 0 heterocycles. The molecule has 0 fully saturated rings. The maximum absolute atomic E-state index is 12.9. The number of hydrogen-bond donors (Lipinski definition) is 2. The third kappa shape index (κ3) is 7.34. The van der Waals surface area contributed by atoms with Gasteiger partial charge in [0, 0.05) is 11.8 Å². The van der Waals surface area contributed by atoms with Crippen LogP contribution in [0.1, 0.15) is 18.1 Å². The molecule has 9 nitrogen and oxygen atoms in total. The number of anilines is 2. The van der Waals surface area contributed by atoms with E-state index in [2.05, 4.69) is 10.6 Å². The monoisotopic (exact) mass is 463 g/mol. The fourth-order valence-electron chi connectivity index (χ4n) is 2.49. The van der Waals surface area contributed by atoms with E-state index in [0.29, 0.717) is 11.3 Å². The lowest BCUT2D eigenvalue weighted by atomic mass is 10.1. The molecule has 0 aliphatic carbocycles. The summed E-state index contributed by atoms with van der Waals surface area (Å²) in [6.45, 7) is 4.36. The first kappa shape index (κ1) is 24.8. The van der Waals surface area contributed by atoms with Gasteiger partial charge < -0.3 is 15.4 Å². The van der Waals surface area contributed by atoms with Gasteiger partial charge in [-0.15, -0.1) is 11.8 Å². The van der Waals surface area contributed by atoms with Crippen LogP contribution in [-0.4, -0.2) is 40.3 Å². The molecule has 0 radical (unpaired) electrons. The Hall–Kier alpha value is -3.47. The Bertz CT molecular complexity index is 1030. The van der Waals surface area contributed by atoms with Gasteiger partial charge in [0.1, 0.15) is 16.8 Å². The van der Waals surface area contributed by atoms with Crippen molar-refractivity contribution >= 4 is 46.6 Å². The second-order valence-electron chi connectivity index (χ2n) is 6.87. The van der Waals surface area contributed by atoms with Crippen molar-refractivity contribution in [2.24, 2.45) is 0 Å². The molecule has 32 heavy (non-hydrogen) atoms. The molecular formula is C21H22FN3O6S. The molecule has 2 aromatic carbocycles. The van der Waals surface area contributed by atoms with Gasteiger partial charge in [0.05, 0.1) is 10.7 Å². The second-order valence-corrected chi connectivity index (χ2v) is 8.20. The van der Waals surface area contributed by atoms with E-state index >= 15 is 0 Å². The number of benzene rings is 2. The zero-order valence-corrected chi connectivity index (χ0v) is 18.5. The number of nitro benzene ring substituents is 1. The van der Waals surface area contributed by atoms with Crippen LogP contribution in [-0.2, 0) is 19.1 Å². The molecule has 0 saturated heterocycles. The summed E-state index contributed by atoms with van der Waals surface area (Å²) in [6, 6.07) is 8.07. The number of ether oxygens (including phenoxy) is 1. The minimum absolute atomic E-state index is 0.0130. The molecule has 2 amide bonds. The van der Waals surface area contributed by atoms with Crippen LogP contribution in [0.3, 0.4) is 0 Å². The number of nitro groups is 1. The summed E-state index contributed by atoms with van der Waals surface area (Å²) in [6.07, 6.45) is 0. The first-order valence-corrected chi connectivity index (χ1v) is 10.5. The van der Waals surface area contributed by atoms with E-state index in [-0.39, 0.29) is 23.0 Å². The number of carbonyl (C=O) groups excluding carboxylic acids is 3. The van der Waals surface area contributed by atoms with Crippen LogP contribution in [0, 0.1) is 29.8 Å². The summed E-state index contributed by atoms with van der Waals surface area (Å²) >= 11 is 0.999. The van der Waals surface area contributed by atoms with Crippen LogP contribution in [0.25, 0.3) is 0 Å². The predicted molar refractivity (Wildman–Crippen MR) is 119 cm³/mol. The summed E-state index contributed by atoms with van der Waals surface area (Å²) in [7, 11) is 0. The summed E-state index contributed by atoms with van der Waals surface area (Å²) in [5.41, 5.74) is 1.63. The molecule has 2 rings (SSSR count). The number of aryl methyl sites for hydroxylation is 2. The minimum atomic E-state index is -0.738. The van der Waals surface area contributed by atoms with E-state index in [1.165, 1.54) is 43.3 Å². The maximum atomic E-state index is 12.9. The SMILES string of the molecule is Cc1cc(NC(=O)COC(=O)[C@@H](C)SCC(=O)Nc2ccc(F)cc2)c([N+](=O)[O-])cc1C. The van der Waals surface area contributed by atoms with Crippen LogP contribution >= 0.6 is 11.8 Å². The highest BCUT2D eigenvalue weighted by atomic mass is 32.2. The Balaban J connectivity index is 1.81. The van der Waals surface area contributed by atoms with Crippen LogP contribution in [0.15, 0.2) is 36.4 Å². The lowest BCUT2D eigenvalue weighted by Crippen LogP contribution is -2.26. The lowest BCUT2D eigenvalue weighted by molar-refractivity contribution is -0.384. The number of nitrogens with zero attached hydrogens (tertiary/aromatic N) is 1. The highest BCUT2D eigenvalue weighted by molar-refractivity contribution is 8.01. The normalized spacial score (nSPS) is 11.4. The third-order valence-corrected chi connectivity index (χ3v) is 5.47. The second kappa shape index (κ2) is 11.2. The molecule has 170 valence electrons. The number of rotatable bonds is 9. The number of hydrogen-bond acceptors (Lipinski definition) is 7. The number of nitrogens with one attached hydrogen (secondary N) is 2. The van der Waals surface area contributed by atoms with Gasteiger partial charge in [-0.05, 0) is 62.2 Å². The molecule has 11 heteroatoms. The van der Waals surface area contributed by atoms with E-state index < -0.39 is 34.5 Å². The zero-order chi connectivity index (χ0) is 23.8. The summed E-state index contributed by atoms with van der Waals surface area (Å²) in [5, 5.41) is 15.4. The zero-order valence-electron chi connectivity index (χ0n) is 17.6. The molecule has 0 bridgehead atoms. The summed E-state index contributed by atoms with van der Waals surface area (Å²) in [5.74, 6) is -2.31. The van der Waals surface area contributed by atoms with Crippen LogP contribution in [0.2, 0.25) is 0 Å². The van der Waals surface area contributed by atoms with Gasteiger partial charge in [-0.1, -0.05) is 0 Å². The Labute approximate surface area is 187 Å². The number of carbonyl (C=O) groups is 3. The average Bonchev–Trinajstić information content (AvgIpc) is 2.74. The van der Waals surface area contributed by atoms with E-state index in [9.17, 15) is 28.9 Å². The Morgan fingerprint density at radius 3 is 2.34 bits per heavy atom. The van der Waals surface area contributed by atoms with E-state index in [4.69, 9.17) is 4.74 Å². The van der Waals surface area contributed by atoms with Crippen molar-refractivity contribution in [3.05, 3.63) is 63.5 Å². The van der Waals surface area contributed by atoms with Gasteiger partial charge in [0.2, 0.25) is 5.91 Å². The van der Waals surface area contributed by atoms with E-state index in [1.54, 1.807) is 13.8 Å². The Morgan fingerprint density at radius 1 is 1.09 bits per heavy atom. The van der Waals surface area contributed by atoms with Crippen LogP contribution in [0.4, 0.5) is 21.5 Å². The molecule has 0 unspecified atom stereocenters. The van der Waals surface area contributed by atoms with Gasteiger partial charge in [-0.25, -0.2) is 4.39 Å². The van der Waals surface area contributed by atoms with Gasteiger partial charge in [0.25, 0.3) is 11.6 Å². The smallest absolute Gasteiger partial charge is 0.319 e. The summed E-state index contributed by atoms with van der Waals surface area (Å²) < 4.78 is 17.8. The van der Waals surface area contributed by atoms with Crippen LogP contribution < -0.4 is 10.6 Å². The van der Waals surface area contributed by atoms with Crippen molar-refractivity contribution in [2.45, 2.75) is 26.0 Å². The third-order valence-electron chi connectivity index (χ3n) is 4.35. The highest BCUT2D eigenvalue weighted by Crippen LogP contribution is 2.27. The van der Waals surface area contributed by atoms with Crippen LogP contribution in [0.5, 0.6) is 0 Å². The van der Waals surface area contributed by atoms with Crippen molar-refractivity contribution in [3.63, 3.8) is 0 Å². The Kier molecular flexibility index (Phi) is 8.71. The molecule has 1 atom stereocenters. The number of thioether (sulfide) groups is 1. The molecule has 0 spiro atoms. The Morgan fingerprint density at radius 2 is 1.72 bits per heavy atom. The molecule has 2 aromatic rings. The number of amides is 2. The molecular weight excluding hydrogens is 441 g/mol. The minimum Gasteiger partial charge on any atom is -0.455 e. The molecule has 2 N–H and O–H groups in total. The van der Waals surface area contributed by atoms with Crippen molar-refractivity contribution in [3.8, 4) is 0 Å². The fraction of sp³-hybridized carbons (Fsp3) is 0.286. The standard InChI is InChI=1S/C21H22FN3O6S/c1-12-8-17(18(25(29)30)9-13(12)2)24-19(26)10-31-21(28)14(3)32-11-20(27)23-16-6-4-15(22)5-7-16/h4-9,14H,10-11H2,1-3H3,(H,23,27)(H,24,26)/t14-/m1/s1. The van der Waals surface area contributed by atoms with Crippen molar-refractivity contribution in [1.29, 1.82) is 0 Å². The van der Waals surface area contributed by atoms with Gasteiger partial charge in [-0.3, -0.25) is 24.5 Å². The van der Waals surface area contributed by atoms with Crippen molar-refractivity contribution in [1.82, 2.24) is 0 Å². The van der Waals surface area contributed by atoms with Gasteiger partial charge in [-0.2, -0.15) is 0 Å². The predicted octanol–water partition coefficient (Wildman–Crippen LogP) is 3.59. The first-order chi connectivity index (χ1) is 15.1. The molecule has 0 saturated carbocycles. The fourth-order valence-corrected chi connectivity index (χ4v) is 3.17. The molecule has 0 aliphatic rings. The molecule has 0 aliphatic heterocycles. The van der Waals surface area contributed by atoms with E-state index in [1.807, 2.05) is 0 Å².